The Morgan fingerprint density at radius 3 is 2.71 bits per heavy atom. The second kappa shape index (κ2) is 5.33. The number of nitrogens with one attached hydrogen (secondary N) is 2. The Hall–Kier alpha value is -0.650. The highest BCUT2D eigenvalue weighted by molar-refractivity contribution is 5.82. The summed E-state index contributed by atoms with van der Waals surface area (Å²) in [7, 11) is 4.12. The second-order valence-corrected chi connectivity index (χ2v) is 5.46. The van der Waals surface area contributed by atoms with Crippen molar-refractivity contribution in [3.63, 3.8) is 0 Å². The van der Waals surface area contributed by atoms with Gasteiger partial charge in [-0.15, -0.1) is 0 Å². The Kier molecular flexibility index (Phi) is 4.01. The first kappa shape index (κ1) is 12.8. The molecule has 1 heterocycles. The molecule has 1 saturated carbocycles. The molecule has 3 N–H and O–H groups in total. The van der Waals surface area contributed by atoms with E-state index in [0.29, 0.717) is 25.6 Å². The number of hydrogen-bond donors (Lipinski definition) is 3. The predicted octanol–water partition coefficient (Wildman–Crippen LogP) is -0.834. The summed E-state index contributed by atoms with van der Waals surface area (Å²) in [6, 6.07) is 0.234. The molecule has 1 aliphatic heterocycles. The van der Waals surface area contributed by atoms with Gasteiger partial charge >= 0.3 is 0 Å². The number of hydrogen-bond acceptors (Lipinski definition) is 4. The number of aliphatic hydroxyl groups excluding tert-OH is 1. The van der Waals surface area contributed by atoms with Crippen LogP contribution in [0.25, 0.3) is 0 Å². The standard InChI is InChI=1S/C12H23N3O2/c1-15(2)11(8-3-4-8)7-14-12(17)10-5-9(16)6-13-10/h8-11,13,16H,3-7H2,1-2H3,(H,14,17). The lowest BCUT2D eigenvalue weighted by molar-refractivity contribution is -0.123. The molecule has 3 unspecified atom stereocenters. The average Bonchev–Trinajstić information content (AvgIpc) is 3.00. The van der Waals surface area contributed by atoms with Crippen LogP contribution in [-0.2, 0) is 4.79 Å². The van der Waals surface area contributed by atoms with Crippen LogP contribution in [0.2, 0.25) is 0 Å². The minimum Gasteiger partial charge on any atom is -0.392 e. The zero-order valence-electron chi connectivity index (χ0n) is 10.6. The summed E-state index contributed by atoms with van der Waals surface area (Å²) in [4.78, 5) is 14.0. The van der Waals surface area contributed by atoms with Crippen molar-refractivity contribution in [2.24, 2.45) is 5.92 Å². The molecule has 17 heavy (non-hydrogen) atoms. The van der Waals surface area contributed by atoms with E-state index in [4.69, 9.17) is 0 Å². The van der Waals surface area contributed by atoms with Crippen molar-refractivity contribution in [2.75, 3.05) is 27.2 Å². The van der Waals surface area contributed by atoms with Crippen molar-refractivity contribution in [3.8, 4) is 0 Å². The lowest BCUT2D eigenvalue weighted by Crippen LogP contribution is -2.47. The molecular weight excluding hydrogens is 218 g/mol. The highest BCUT2D eigenvalue weighted by Crippen LogP contribution is 2.34. The van der Waals surface area contributed by atoms with Gasteiger partial charge in [-0.25, -0.2) is 0 Å². The van der Waals surface area contributed by atoms with Gasteiger partial charge in [0.2, 0.25) is 5.91 Å². The number of aliphatic hydroxyl groups is 1. The monoisotopic (exact) mass is 241 g/mol. The number of carbonyl (C=O) groups excluding carboxylic acids is 1. The summed E-state index contributed by atoms with van der Waals surface area (Å²) in [5.74, 6) is 0.765. The van der Waals surface area contributed by atoms with Crippen LogP contribution >= 0.6 is 0 Å². The van der Waals surface area contributed by atoms with Crippen molar-refractivity contribution in [1.82, 2.24) is 15.5 Å². The molecule has 2 rings (SSSR count). The minimum atomic E-state index is -0.376. The molecule has 0 bridgehead atoms. The van der Waals surface area contributed by atoms with Crippen molar-refractivity contribution in [3.05, 3.63) is 0 Å². The van der Waals surface area contributed by atoms with E-state index >= 15 is 0 Å². The van der Waals surface area contributed by atoms with E-state index in [1.807, 2.05) is 0 Å². The number of β-amino-alcohol motifs (C(OH)–C–C–N with tert-alkyl or cyclic N) is 1. The first-order chi connectivity index (χ1) is 8.08. The topological polar surface area (TPSA) is 64.6 Å². The van der Waals surface area contributed by atoms with E-state index in [1.54, 1.807) is 0 Å². The average molecular weight is 241 g/mol. The molecule has 0 aromatic heterocycles. The number of likely N-dealkylation sites (N-methyl/N-ethyl adjacent to an activating group) is 1. The van der Waals surface area contributed by atoms with Gasteiger partial charge in [-0.05, 0) is 39.3 Å². The molecule has 98 valence electrons. The van der Waals surface area contributed by atoms with E-state index in [-0.39, 0.29) is 18.1 Å². The maximum absolute atomic E-state index is 11.9. The predicted molar refractivity (Wildman–Crippen MR) is 65.6 cm³/mol. The van der Waals surface area contributed by atoms with E-state index in [1.165, 1.54) is 12.8 Å². The molecule has 3 atom stereocenters. The van der Waals surface area contributed by atoms with Crippen molar-refractivity contribution < 1.29 is 9.90 Å². The molecule has 1 saturated heterocycles. The summed E-state index contributed by atoms with van der Waals surface area (Å²) < 4.78 is 0. The zero-order chi connectivity index (χ0) is 12.4. The fourth-order valence-electron chi connectivity index (χ4n) is 2.50. The zero-order valence-corrected chi connectivity index (χ0v) is 10.6. The fourth-order valence-corrected chi connectivity index (χ4v) is 2.50. The first-order valence-electron chi connectivity index (χ1n) is 6.43. The van der Waals surface area contributed by atoms with Crippen molar-refractivity contribution in [1.29, 1.82) is 0 Å². The van der Waals surface area contributed by atoms with Gasteiger partial charge in [-0.2, -0.15) is 0 Å². The van der Waals surface area contributed by atoms with Gasteiger partial charge in [-0.1, -0.05) is 0 Å². The normalized spacial score (nSPS) is 30.6. The van der Waals surface area contributed by atoms with Crippen LogP contribution in [-0.4, -0.2) is 61.3 Å². The van der Waals surface area contributed by atoms with Gasteiger partial charge in [0.25, 0.3) is 0 Å². The fraction of sp³-hybridized carbons (Fsp3) is 0.917. The lowest BCUT2D eigenvalue weighted by Gasteiger charge is -2.25. The molecule has 0 radical (unpaired) electrons. The number of carbonyl (C=O) groups is 1. The van der Waals surface area contributed by atoms with Crippen molar-refractivity contribution >= 4 is 5.91 Å². The maximum atomic E-state index is 11.9. The Morgan fingerprint density at radius 2 is 2.24 bits per heavy atom. The summed E-state index contributed by atoms with van der Waals surface area (Å²) in [5.41, 5.74) is 0. The quantitative estimate of drug-likeness (QED) is 0.587. The molecule has 1 aliphatic carbocycles. The Morgan fingerprint density at radius 1 is 1.53 bits per heavy atom. The highest BCUT2D eigenvalue weighted by atomic mass is 16.3. The maximum Gasteiger partial charge on any atom is 0.237 e. The third-order valence-corrected chi connectivity index (χ3v) is 3.74. The summed E-state index contributed by atoms with van der Waals surface area (Å²) in [6.45, 7) is 1.24. The summed E-state index contributed by atoms with van der Waals surface area (Å²) >= 11 is 0. The molecule has 2 aliphatic rings. The SMILES string of the molecule is CN(C)C(CNC(=O)C1CC(O)CN1)C1CC1. The van der Waals surface area contributed by atoms with Crippen LogP contribution in [0.4, 0.5) is 0 Å². The molecule has 2 fully saturated rings. The largest absolute Gasteiger partial charge is 0.392 e. The Labute approximate surface area is 103 Å². The van der Waals surface area contributed by atoms with E-state index in [0.717, 1.165) is 5.92 Å². The second-order valence-electron chi connectivity index (χ2n) is 5.46. The highest BCUT2D eigenvalue weighted by Gasteiger charge is 2.34. The number of rotatable bonds is 5. The molecule has 1 amide bonds. The molecule has 0 aromatic rings. The van der Waals surface area contributed by atoms with Gasteiger partial charge in [0.05, 0.1) is 12.1 Å². The number of nitrogens with zero attached hydrogens (tertiary/aromatic N) is 1. The van der Waals surface area contributed by atoms with Gasteiger partial charge in [0.15, 0.2) is 0 Å². The smallest absolute Gasteiger partial charge is 0.237 e. The lowest BCUT2D eigenvalue weighted by atomic mass is 10.1. The first-order valence-corrected chi connectivity index (χ1v) is 6.43. The van der Waals surface area contributed by atoms with Crippen LogP contribution < -0.4 is 10.6 Å². The van der Waals surface area contributed by atoms with Gasteiger partial charge in [-0.3, -0.25) is 4.79 Å². The van der Waals surface area contributed by atoms with Gasteiger partial charge in [0, 0.05) is 19.1 Å². The Balaban J connectivity index is 1.74. The third-order valence-electron chi connectivity index (χ3n) is 3.74. The van der Waals surface area contributed by atoms with Crippen LogP contribution in [0, 0.1) is 5.92 Å². The van der Waals surface area contributed by atoms with Crippen LogP contribution in [0.5, 0.6) is 0 Å². The van der Waals surface area contributed by atoms with E-state index in [9.17, 15) is 9.90 Å². The minimum absolute atomic E-state index is 0.0223. The molecule has 0 spiro atoms. The molecule has 0 aromatic carbocycles. The van der Waals surface area contributed by atoms with E-state index < -0.39 is 0 Å². The van der Waals surface area contributed by atoms with Crippen LogP contribution in [0.1, 0.15) is 19.3 Å². The van der Waals surface area contributed by atoms with Crippen molar-refractivity contribution in [2.45, 2.75) is 37.5 Å². The molecule has 5 heteroatoms. The number of amides is 1. The van der Waals surface area contributed by atoms with Crippen LogP contribution in [0.3, 0.4) is 0 Å². The summed E-state index contributed by atoms with van der Waals surface area (Å²) in [5, 5.41) is 15.4. The van der Waals surface area contributed by atoms with Gasteiger partial charge in [0.1, 0.15) is 0 Å². The third kappa shape index (κ3) is 3.40. The molecular formula is C12H23N3O2. The van der Waals surface area contributed by atoms with Gasteiger partial charge < -0.3 is 20.6 Å². The Bertz CT molecular complexity index is 277. The molecule has 5 nitrogen and oxygen atoms in total. The summed E-state index contributed by atoms with van der Waals surface area (Å²) in [6.07, 6.45) is 2.71. The van der Waals surface area contributed by atoms with Crippen LogP contribution in [0.15, 0.2) is 0 Å². The van der Waals surface area contributed by atoms with E-state index in [2.05, 4.69) is 29.6 Å².